The second-order valence-electron chi connectivity index (χ2n) is 8.00. The van der Waals surface area contributed by atoms with Crippen LogP contribution in [0.4, 0.5) is 4.79 Å². The minimum atomic E-state index is -0.546. The fourth-order valence-electron chi connectivity index (χ4n) is 3.71. The summed E-state index contributed by atoms with van der Waals surface area (Å²) in [6, 6.07) is 3.24. The van der Waals surface area contributed by atoms with E-state index in [9.17, 15) is 9.59 Å². The third-order valence-corrected chi connectivity index (χ3v) is 5.21. The van der Waals surface area contributed by atoms with E-state index in [4.69, 9.17) is 21.1 Å². The number of aromatic nitrogens is 1. The lowest BCUT2D eigenvalue weighted by atomic mass is 10.1. The molecule has 7 nitrogen and oxygen atoms in total. The van der Waals surface area contributed by atoms with Crippen molar-refractivity contribution in [1.82, 2.24) is 14.8 Å². The Bertz CT molecular complexity index is 734. The van der Waals surface area contributed by atoms with E-state index in [1.165, 1.54) is 7.11 Å². The molecule has 2 aliphatic heterocycles. The summed E-state index contributed by atoms with van der Waals surface area (Å²) in [5.41, 5.74) is -0.353. The van der Waals surface area contributed by atoms with Crippen LogP contribution in [0.25, 0.3) is 0 Å². The molecule has 27 heavy (non-hydrogen) atoms. The van der Waals surface area contributed by atoms with Crippen molar-refractivity contribution >= 4 is 23.6 Å². The van der Waals surface area contributed by atoms with Gasteiger partial charge in [-0.2, -0.15) is 0 Å². The Morgan fingerprint density at radius 3 is 2.56 bits per heavy atom. The molecule has 2 amide bonds. The first kappa shape index (κ1) is 19.7. The van der Waals surface area contributed by atoms with Crippen LogP contribution in [0.2, 0.25) is 5.02 Å². The van der Waals surface area contributed by atoms with Gasteiger partial charge in [-0.3, -0.25) is 4.79 Å². The molecule has 2 saturated heterocycles. The SMILES string of the molecule is COc1ccc(Cl)c(C(=O)N2C3CCC2CN(C(=O)OC(C)(C)C)CC3)n1. The number of hydrogen-bond donors (Lipinski definition) is 0. The number of amides is 2. The number of nitrogens with zero attached hydrogens (tertiary/aromatic N) is 3. The highest BCUT2D eigenvalue weighted by Gasteiger charge is 2.42. The third kappa shape index (κ3) is 4.29. The zero-order chi connectivity index (χ0) is 19.8. The maximum Gasteiger partial charge on any atom is 0.410 e. The van der Waals surface area contributed by atoms with Crippen LogP contribution in [0.5, 0.6) is 5.88 Å². The normalized spacial score (nSPS) is 22.4. The second kappa shape index (κ2) is 7.54. The molecule has 1 aromatic heterocycles. The van der Waals surface area contributed by atoms with E-state index in [0.29, 0.717) is 30.4 Å². The smallest absolute Gasteiger partial charge is 0.410 e. The Hall–Kier alpha value is -2.02. The summed E-state index contributed by atoms with van der Waals surface area (Å²) in [6.07, 6.45) is 2.14. The van der Waals surface area contributed by atoms with Crippen LogP contribution < -0.4 is 4.74 Å². The minimum Gasteiger partial charge on any atom is -0.481 e. The van der Waals surface area contributed by atoms with Crippen molar-refractivity contribution in [1.29, 1.82) is 0 Å². The molecule has 2 bridgehead atoms. The summed E-state index contributed by atoms with van der Waals surface area (Å²) in [6.45, 7) is 6.57. The summed E-state index contributed by atoms with van der Waals surface area (Å²) in [5, 5.41) is 0.299. The zero-order valence-electron chi connectivity index (χ0n) is 16.2. The molecule has 0 aliphatic carbocycles. The average Bonchev–Trinajstić information content (AvgIpc) is 2.87. The largest absolute Gasteiger partial charge is 0.481 e. The number of halogens is 1. The summed E-state index contributed by atoms with van der Waals surface area (Å²) in [4.78, 5) is 33.5. The van der Waals surface area contributed by atoms with Gasteiger partial charge in [-0.25, -0.2) is 9.78 Å². The van der Waals surface area contributed by atoms with Gasteiger partial charge in [0.05, 0.1) is 18.2 Å². The van der Waals surface area contributed by atoms with Crippen molar-refractivity contribution in [3.05, 3.63) is 22.8 Å². The Labute approximate surface area is 164 Å². The van der Waals surface area contributed by atoms with Crippen molar-refractivity contribution < 1.29 is 19.1 Å². The van der Waals surface area contributed by atoms with Gasteiger partial charge in [0, 0.05) is 25.2 Å². The lowest BCUT2D eigenvalue weighted by Crippen LogP contribution is -2.45. The Morgan fingerprint density at radius 2 is 1.89 bits per heavy atom. The summed E-state index contributed by atoms with van der Waals surface area (Å²) in [7, 11) is 1.50. The van der Waals surface area contributed by atoms with Crippen LogP contribution in [0.3, 0.4) is 0 Å². The lowest BCUT2D eigenvalue weighted by molar-refractivity contribution is 0.0229. The van der Waals surface area contributed by atoms with Crippen molar-refractivity contribution in [2.45, 2.75) is 57.7 Å². The highest BCUT2D eigenvalue weighted by Crippen LogP contribution is 2.33. The van der Waals surface area contributed by atoms with Crippen molar-refractivity contribution in [2.24, 2.45) is 0 Å². The number of carbonyl (C=O) groups excluding carboxylic acids is 2. The number of ether oxygens (including phenoxy) is 2. The van der Waals surface area contributed by atoms with Crippen molar-refractivity contribution in [3.63, 3.8) is 0 Å². The molecule has 8 heteroatoms. The maximum atomic E-state index is 13.2. The summed E-state index contributed by atoms with van der Waals surface area (Å²) in [5.74, 6) is 0.137. The van der Waals surface area contributed by atoms with Crippen LogP contribution >= 0.6 is 11.6 Å². The van der Waals surface area contributed by atoms with Gasteiger partial charge in [-0.15, -0.1) is 0 Å². The van der Waals surface area contributed by atoms with Gasteiger partial charge >= 0.3 is 6.09 Å². The first-order valence-electron chi connectivity index (χ1n) is 9.20. The predicted octanol–water partition coefficient (Wildman–Crippen LogP) is 3.36. The van der Waals surface area contributed by atoms with Gasteiger partial charge in [-0.1, -0.05) is 11.6 Å². The molecule has 0 spiro atoms. The van der Waals surface area contributed by atoms with Crippen molar-refractivity contribution in [2.75, 3.05) is 20.2 Å². The molecule has 2 unspecified atom stereocenters. The molecule has 3 heterocycles. The fourth-order valence-corrected chi connectivity index (χ4v) is 3.89. The molecule has 1 aromatic rings. The van der Waals surface area contributed by atoms with Gasteiger partial charge in [0.1, 0.15) is 5.60 Å². The van der Waals surface area contributed by atoms with Gasteiger partial charge < -0.3 is 19.3 Å². The molecule has 0 N–H and O–H groups in total. The molecule has 2 fully saturated rings. The highest BCUT2D eigenvalue weighted by atomic mass is 35.5. The molecule has 0 aromatic carbocycles. The maximum absolute atomic E-state index is 13.2. The zero-order valence-corrected chi connectivity index (χ0v) is 17.0. The molecule has 0 radical (unpaired) electrons. The van der Waals surface area contributed by atoms with E-state index < -0.39 is 5.60 Å². The summed E-state index contributed by atoms with van der Waals surface area (Å²) >= 11 is 6.23. The topological polar surface area (TPSA) is 72.0 Å². The molecule has 0 saturated carbocycles. The van der Waals surface area contributed by atoms with Crippen LogP contribution in [-0.2, 0) is 4.74 Å². The van der Waals surface area contributed by atoms with Crippen LogP contribution in [-0.4, -0.2) is 64.7 Å². The Morgan fingerprint density at radius 1 is 1.19 bits per heavy atom. The number of rotatable bonds is 2. The van der Waals surface area contributed by atoms with Crippen LogP contribution in [0, 0.1) is 0 Å². The van der Waals surface area contributed by atoms with Gasteiger partial charge in [-0.05, 0) is 46.1 Å². The highest BCUT2D eigenvalue weighted by molar-refractivity contribution is 6.33. The van der Waals surface area contributed by atoms with Gasteiger partial charge in [0.2, 0.25) is 5.88 Å². The standard InChI is InChI=1S/C19H26ClN3O4/c1-19(2,3)27-18(25)22-10-9-12-5-6-13(11-22)23(12)17(24)16-14(20)7-8-15(21-16)26-4/h7-8,12-13H,5-6,9-11H2,1-4H3. The Balaban J connectivity index is 1.80. The minimum absolute atomic E-state index is 0.0680. The molecular weight excluding hydrogens is 370 g/mol. The number of hydrogen-bond acceptors (Lipinski definition) is 5. The summed E-state index contributed by atoms with van der Waals surface area (Å²) < 4.78 is 10.6. The number of pyridine rings is 1. The van der Waals surface area contributed by atoms with E-state index in [2.05, 4.69) is 4.98 Å². The van der Waals surface area contributed by atoms with Gasteiger partial charge in [0.15, 0.2) is 5.69 Å². The quantitative estimate of drug-likeness (QED) is 0.767. The van der Waals surface area contributed by atoms with E-state index in [-0.39, 0.29) is 29.8 Å². The Kier molecular flexibility index (Phi) is 5.51. The lowest BCUT2D eigenvalue weighted by Gasteiger charge is -2.30. The monoisotopic (exact) mass is 395 g/mol. The van der Waals surface area contributed by atoms with Crippen LogP contribution in [0.15, 0.2) is 12.1 Å². The van der Waals surface area contributed by atoms with Crippen LogP contribution in [0.1, 0.15) is 50.5 Å². The number of carbonyl (C=O) groups is 2. The van der Waals surface area contributed by atoms with E-state index in [0.717, 1.165) is 12.8 Å². The van der Waals surface area contributed by atoms with Gasteiger partial charge in [0.25, 0.3) is 5.91 Å². The molecular formula is C19H26ClN3O4. The first-order chi connectivity index (χ1) is 12.7. The number of methoxy groups -OCH3 is 1. The average molecular weight is 396 g/mol. The van der Waals surface area contributed by atoms with E-state index in [1.807, 2.05) is 25.7 Å². The third-order valence-electron chi connectivity index (χ3n) is 4.90. The first-order valence-corrected chi connectivity index (χ1v) is 9.58. The van der Waals surface area contributed by atoms with Crippen molar-refractivity contribution in [3.8, 4) is 5.88 Å². The van der Waals surface area contributed by atoms with E-state index in [1.54, 1.807) is 17.0 Å². The fraction of sp³-hybridized carbons (Fsp3) is 0.632. The second-order valence-corrected chi connectivity index (χ2v) is 8.40. The number of likely N-dealkylation sites (tertiary alicyclic amines) is 1. The van der Waals surface area contributed by atoms with E-state index >= 15 is 0 Å². The molecule has 2 aliphatic rings. The molecule has 3 rings (SSSR count). The molecule has 148 valence electrons. The molecule has 2 atom stereocenters. The number of fused-ring (bicyclic) bond motifs is 2. The predicted molar refractivity (Wildman–Crippen MR) is 101 cm³/mol.